The number of hydrogen-bond acceptors (Lipinski definition) is 4. The summed E-state index contributed by atoms with van der Waals surface area (Å²) >= 11 is 0. The molecule has 2 atom stereocenters. The van der Waals surface area contributed by atoms with Crippen LogP contribution < -0.4 is 16.8 Å². The van der Waals surface area contributed by atoms with Gasteiger partial charge in [-0.2, -0.15) is 0 Å². The summed E-state index contributed by atoms with van der Waals surface area (Å²) in [5.74, 6) is -1.50. The second-order valence-corrected chi connectivity index (χ2v) is 6.31. The van der Waals surface area contributed by atoms with Gasteiger partial charge in [0.25, 0.3) is 0 Å². The minimum atomic E-state index is -1.48. The quantitative estimate of drug-likeness (QED) is 0.481. The van der Waals surface area contributed by atoms with Crippen molar-refractivity contribution in [1.29, 1.82) is 0 Å². The SMILES string of the molecule is CC(C)CN(CC(O)C(N)=O)C(=O)N[C@@H](Cc1ccccc1)C(N)=O. The zero-order valence-corrected chi connectivity index (χ0v) is 14.5. The highest BCUT2D eigenvalue weighted by molar-refractivity contribution is 5.86. The molecule has 25 heavy (non-hydrogen) atoms. The van der Waals surface area contributed by atoms with Gasteiger partial charge in [0.05, 0.1) is 6.54 Å². The van der Waals surface area contributed by atoms with E-state index in [1.807, 2.05) is 44.2 Å². The first kappa shape index (κ1) is 20.4. The third-order valence-corrected chi connectivity index (χ3v) is 3.52. The lowest BCUT2D eigenvalue weighted by Crippen LogP contribution is -2.54. The highest BCUT2D eigenvalue weighted by Crippen LogP contribution is 2.06. The molecule has 8 heteroatoms. The standard InChI is InChI=1S/C17H26N4O4/c1-11(2)9-21(10-14(22)16(19)24)17(25)20-13(15(18)23)8-12-6-4-3-5-7-12/h3-7,11,13-14,22H,8-10H2,1-2H3,(H2,18,23)(H2,19,24)(H,20,25)/t13-,14?/m0/s1. The summed E-state index contributed by atoms with van der Waals surface area (Å²) in [6.45, 7) is 3.79. The van der Waals surface area contributed by atoms with Crippen molar-refractivity contribution in [3.63, 3.8) is 0 Å². The summed E-state index contributed by atoms with van der Waals surface area (Å²) in [7, 11) is 0. The molecule has 0 spiro atoms. The van der Waals surface area contributed by atoms with Gasteiger partial charge >= 0.3 is 6.03 Å². The van der Waals surface area contributed by atoms with Gasteiger partial charge in [-0.1, -0.05) is 44.2 Å². The molecule has 0 saturated carbocycles. The molecule has 0 fully saturated rings. The number of benzene rings is 1. The molecule has 4 amide bonds. The summed E-state index contributed by atoms with van der Waals surface area (Å²) < 4.78 is 0. The van der Waals surface area contributed by atoms with E-state index in [2.05, 4.69) is 5.32 Å². The van der Waals surface area contributed by atoms with Crippen molar-refractivity contribution in [2.24, 2.45) is 17.4 Å². The fraction of sp³-hybridized carbons (Fsp3) is 0.471. The van der Waals surface area contributed by atoms with Gasteiger partial charge in [0.1, 0.15) is 12.1 Å². The van der Waals surface area contributed by atoms with E-state index in [0.29, 0.717) is 0 Å². The van der Waals surface area contributed by atoms with Crippen molar-refractivity contribution >= 4 is 17.8 Å². The molecule has 8 nitrogen and oxygen atoms in total. The van der Waals surface area contributed by atoms with Crippen LogP contribution in [-0.2, 0) is 16.0 Å². The van der Waals surface area contributed by atoms with E-state index < -0.39 is 30.0 Å². The molecule has 0 aliphatic carbocycles. The Hall–Kier alpha value is -2.61. The van der Waals surface area contributed by atoms with E-state index in [9.17, 15) is 19.5 Å². The van der Waals surface area contributed by atoms with E-state index in [1.54, 1.807) is 0 Å². The van der Waals surface area contributed by atoms with Crippen molar-refractivity contribution in [3.05, 3.63) is 35.9 Å². The van der Waals surface area contributed by atoms with Gasteiger partial charge < -0.3 is 26.8 Å². The average Bonchev–Trinajstić information content (AvgIpc) is 2.53. The van der Waals surface area contributed by atoms with Gasteiger partial charge in [-0.05, 0) is 11.5 Å². The Labute approximate surface area is 147 Å². The largest absolute Gasteiger partial charge is 0.381 e. The Morgan fingerprint density at radius 1 is 1.08 bits per heavy atom. The molecule has 6 N–H and O–H groups in total. The molecular weight excluding hydrogens is 324 g/mol. The summed E-state index contributed by atoms with van der Waals surface area (Å²) in [5.41, 5.74) is 11.3. The van der Waals surface area contributed by atoms with Crippen LogP contribution in [0.5, 0.6) is 0 Å². The van der Waals surface area contributed by atoms with Crippen LogP contribution in [-0.4, -0.2) is 53.1 Å². The van der Waals surface area contributed by atoms with Crippen molar-refractivity contribution in [3.8, 4) is 0 Å². The number of amides is 4. The Bertz CT molecular complexity index is 592. The van der Waals surface area contributed by atoms with Gasteiger partial charge in [0.15, 0.2) is 0 Å². The van der Waals surface area contributed by atoms with Crippen LogP contribution >= 0.6 is 0 Å². The second kappa shape index (κ2) is 9.63. The predicted octanol–water partition coefficient (Wildman–Crippen LogP) is -0.403. The highest BCUT2D eigenvalue weighted by atomic mass is 16.3. The topological polar surface area (TPSA) is 139 Å². The molecule has 1 aromatic carbocycles. The number of urea groups is 1. The lowest BCUT2D eigenvalue weighted by molar-refractivity contribution is -0.126. The van der Waals surface area contributed by atoms with Gasteiger partial charge in [-0.15, -0.1) is 0 Å². The van der Waals surface area contributed by atoms with Crippen molar-refractivity contribution < 1.29 is 19.5 Å². The van der Waals surface area contributed by atoms with E-state index in [-0.39, 0.29) is 25.4 Å². The summed E-state index contributed by atoms with van der Waals surface area (Å²) in [5, 5.41) is 12.2. The number of primary amides is 2. The normalized spacial score (nSPS) is 13.1. The third kappa shape index (κ3) is 7.21. The molecule has 0 aliphatic rings. The fourth-order valence-electron chi connectivity index (χ4n) is 2.29. The summed E-state index contributed by atoms with van der Waals surface area (Å²) in [6.07, 6.45) is -1.24. The lowest BCUT2D eigenvalue weighted by Gasteiger charge is -2.28. The van der Waals surface area contributed by atoms with Crippen LogP contribution in [0.1, 0.15) is 19.4 Å². The molecule has 0 saturated heterocycles. The van der Waals surface area contributed by atoms with Gasteiger partial charge in [0.2, 0.25) is 11.8 Å². The number of nitrogens with one attached hydrogen (secondary N) is 1. The summed E-state index contributed by atoms with van der Waals surface area (Å²) in [6, 6.07) is 7.64. The number of nitrogens with zero attached hydrogens (tertiary/aromatic N) is 1. The van der Waals surface area contributed by atoms with Crippen LogP contribution in [0, 0.1) is 5.92 Å². The first-order chi connectivity index (χ1) is 11.7. The minimum absolute atomic E-state index is 0.0898. The Kier molecular flexibility index (Phi) is 7.87. The van der Waals surface area contributed by atoms with Crippen LogP contribution in [0.2, 0.25) is 0 Å². The maximum absolute atomic E-state index is 12.5. The maximum atomic E-state index is 12.5. The maximum Gasteiger partial charge on any atom is 0.318 e. The van der Waals surface area contributed by atoms with E-state index in [0.717, 1.165) is 5.56 Å². The second-order valence-electron chi connectivity index (χ2n) is 6.31. The third-order valence-electron chi connectivity index (χ3n) is 3.52. The zero-order chi connectivity index (χ0) is 19.0. The highest BCUT2D eigenvalue weighted by Gasteiger charge is 2.25. The number of carbonyl (C=O) groups excluding carboxylic acids is 3. The molecule has 0 radical (unpaired) electrons. The molecule has 0 aliphatic heterocycles. The van der Waals surface area contributed by atoms with Crippen LogP contribution in [0.3, 0.4) is 0 Å². The number of hydrogen-bond donors (Lipinski definition) is 4. The van der Waals surface area contributed by atoms with E-state index in [4.69, 9.17) is 11.5 Å². The Morgan fingerprint density at radius 2 is 1.68 bits per heavy atom. The molecule has 1 aromatic rings. The smallest absolute Gasteiger partial charge is 0.318 e. The predicted molar refractivity (Wildman–Crippen MR) is 93.3 cm³/mol. The molecule has 0 heterocycles. The Morgan fingerprint density at radius 3 is 2.16 bits per heavy atom. The Balaban J connectivity index is 2.82. The van der Waals surface area contributed by atoms with E-state index in [1.165, 1.54) is 4.90 Å². The van der Waals surface area contributed by atoms with Gasteiger partial charge in [-0.25, -0.2) is 4.79 Å². The average molecular weight is 350 g/mol. The molecule has 1 rings (SSSR count). The fourth-order valence-corrected chi connectivity index (χ4v) is 2.29. The lowest BCUT2D eigenvalue weighted by atomic mass is 10.1. The van der Waals surface area contributed by atoms with E-state index >= 15 is 0 Å². The number of rotatable bonds is 9. The molecule has 0 bridgehead atoms. The van der Waals surface area contributed by atoms with Crippen molar-refractivity contribution in [2.45, 2.75) is 32.4 Å². The molecule has 1 unspecified atom stereocenters. The van der Waals surface area contributed by atoms with Crippen LogP contribution in [0.4, 0.5) is 4.79 Å². The van der Waals surface area contributed by atoms with Gasteiger partial charge in [0, 0.05) is 13.0 Å². The first-order valence-corrected chi connectivity index (χ1v) is 8.06. The van der Waals surface area contributed by atoms with Crippen molar-refractivity contribution in [1.82, 2.24) is 10.2 Å². The molecule has 138 valence electrons. The van der Waals surface area contributed by atoms with Gasteiger partial charge in [-0.3, -0.25) is 9.59 Å². The van der Waals surface area contributed by atoms with Crippen LogP contribution in [0.15, 0.2) is 30.3 Å². The minimum Gasteiger partial charge on any atom is -0.381 e. The van der Waals surface area contributed by atoms with Crippen LogP contribution in [0.25, 0.3) is 0 Å². The summed E-state index contributed by atoms with van der Waals surface area (Å²) in [4.78, 5) is 36.5. The number of nitrogens with two attached hydrogens (primary N) is 2. The number of aliphatic hydroxyl groups excluding tert-OH is 1. The molecule has 0 aromatic heterocycles. The monoisotopic (exact) mass is 350 g/mol. The van der Waals surface area contributed by atoms with Crippen molar-refractivity contribution in [2.75, 3.05) is 13.1 Å². The number of carbonyl (C=O) groups is 3. The zero-order valence-electron chi connectivity index (χ0n) is 14.5. The number of aliphatic hydroxyl groups is 1. The first-order valence-electron chi connectivity index (χ1n) is 8.06. The molecular formula is C17H26N4O4.